The predicted molar refractivity (Wildman–Crippen MR) is 119 cm³/mol. The molecule has 2 fully saturated rings. The molecule has 3 aliphatic heterocycles. The largest absolute Gasteiger partial charge is 0.378 e. The molecule has 0 radical (unpaired) electrons. The normalized spacial score (nSPS) is 23.8. The van der Waals surface area contributed by atoms with Crippen LogP contribution in [0, 0.1) is 0 Å². The molecule has 2 saturated heterocycles. The van der Waals surface area contributed by atoms with Crippen molar-refractivity contribution < 1.29 is 9.53 Å². The van der Waals surface area contributed by atoms with E-state index in [2.05, 4.69) is 20.9 Å². The van der Waals surface area contributed by atoms with Gasteiger partial charge in [-0.15, -0.1) is 0 Å². The number of ether oxygens (including phenoxy) is 1. The van der Waals surface area contributed by atoms with E-state index in [1.165, 1.54) is 0 Å². The molecule has 8 heteroatoms. The molecule has 0 saturated carbocycles. The molecule has 0 bridgehead atoms. The van der Waals surface area contributed by atoms with Gasteiger partial charge in [-0.3, -0.25) is 19.5 Å². The Labute approximate surface area is 188 Å². The number of fused-ring (bicyclic) bond motifs is 1. The molecule has 2 unspecified atom stereocenters. The van der Waals surface area contributed by atoms with Gasteiger partial charge in [0, 0.05) is 63.2 Å². The van der Waals surface area contributed by atoms with Crippen LogP contribution in [0.3, 0.4) is 0 Å². The minimum Gasteiger partial charge on any atom is -0.378 e. The molecule has 0 aliphatic carbocycles. The maximum absolute atomic E-state index is 12.8. The molecule has 3 aliphatic rings. The second-order valence-electron chi connectivity index (χ2n) is 9.22. The molecule has 2 aromatic heterocycles. The van der Waals surface area contributed by atoms with Crippen LogP contribution in [0.1, 0.15) is 60.7 Å². The smallest absolute Gasteiger partial charge is 0.254 e. The third kappa shape index (κ3) is 4.76. The molecule has 5 rings (SSSR count). The monoisotopic (exact) mass is 437 g/mol. The Morgan fingerprint density at radius 1 is 1.25 bits per heavy atom. The third-order valence-electron chi connectivity index (χ3n) is 6.90. The van der Waals surface area contributed by atoms with E-state index < -0.39 is 0 Å². The summed E-state index contributed by atoms with van der Waals surface area (Å²) >= 11 is 0. The number of pyridine rings is 1. The zero-order valence-electron chi connectivity index (χ0n) is 18.5. The summed E-state index contributed by atoms with van der Waals surface area (Å²) in [6, 6.07) is 4.02. The zero-order valence-corrected chi connectivity index (χ0v) is 18.5. The number of amides is 1. The lowest BCUT2D eigenvalue weighted by molar-refractivity contribution is -0.134. The standard InChI is InChI=1S/C24H31N5O3/c30-22(12-19-5-1-2-11-32-19)29-10-6-18(15-29)23-26-21-16-28(9-7-20(21)24(31)27-23)14-17-4-3-8-25-13-17/h3-4,8,13,18-19H,1-2,5-7,9-12,14-16H2,(H,26,27,31). The number of nitrogens with one attached hydrogen (secondary N) is 1. The molecular formula is C24H31N5O3. The lowest BCUT2D eigenvalue weighted by atomic mass is 10.0. The number of hydrogen-bond donors (Lipinski definition) is 1. The van der Waals surface area contributed by atoms with Crippen molar-refractivity contribution in [1.29, 1.82) is 0 Å². The van der Waals surface area contributed by atoms with Crippen molar-refractivity contribution in [1.82, 2.24) is 24.8 Å². The number of rotatable bonds is 5. The second-order valence-corrected chi connectivity index (χ2v) is 9.22. The highest BCUT2D eigenvalue weighted by atomic mass is 16.5. The number of likely N-dealkylation sites (tertiary alicyclic amines) is 1. The molecular weight excluding hydrogens is 406 g/mol. The first kappa shape index (κ1) is 21.3. The van der Waals surface area contributed by atoms with E-state index in [4.69, 9.17) is 9.72 Å². The van der Waals surface area contributed by atoms with Gasteiger partial charge in [0.1, 0.15) is 5.82 Å². The maximum atomic E-state index is 12.8. The Balaban J connectivity index is 1.24. The molecule has 1 N–H and O–H groups in total. The first-order valence-corrected chi connectivity index (χ1v) is 11.8. The average Bonchev–Trinajstić information content (AvgIpc) is 3.31. The third-order valence-corrected chi connectivity index (χ3v) is 6.90. The minimum absolute atomic E-state index is 0.0218. The van der Waals surface area contributed by atoms with Gasteiger partial charge in [0.25, 0.3) is 5.56 Å². The lowest BCUT2D eigenvalue weighted by Gasteiger charge is -2.28. The SMILES string of the molecule is O=C(CC1CCCCO1)N1CCC(c2nc3c(c(=O)[nH]2)CCN(Cc2cccnc2)C3)C1. The number of carbonyl (C=O) groups excluding carboxylic acids is 1. The molecule has 2 atom stereocenters. The van der Waals surface area contributed by atoms with Crippen LogP contribution in [0.15, 0.2) is 29.3 Å². The molecule has 0 spiro atoms. The summed E-state index contributed by atoms with van der Waals surface area (Å²) in [5.41, 5.74) is 2.81. The fraction of sp³-hybridized carbons (Fsp3) is 0.583. The fourth-order valence-electron chi connectivity index (χ4n) is 5.09. The van der Waals surface area contributed by atoms with Gasteiger partial charge in [-0.05, 0) is 43.7 Å². The van der Waals surface area contributed by atoms with Crippen LogP contribution in [0.5, 0.6) is 0 Å². The van der Waals surface area contributed by atoms with Gasteiger partial charge >= 0.3 is 0 Å². The van der Waals surface area contributed by atoms with Gasteiger partial charge < -0.3 is 14.6 Å². The summed E-state index contributed by atoms with van der Waals surface area (Å²) in [6.45, 7) is 4.39. The van der Waals surface area contributed by atoms with Crippen LogP contribution in [-0.4, -0.2) is 63.0 Å². The Morgan fingerprint density at radius 2 is 2.19 bits per heavy atom. The Kier molecular flexibility index (Phi) is 6.32. The predicted octanol–water partition coefficient (Wildman–Crippen LogP) is 2.00. The molecule has 8 nitrogen and oxygen atoms in total. The van der Waals surface area contributed by atoms with Crippen molar-refractivity contribution in [2.75, 3.05) is 26.2 Å². The van der Waals surface area contributed by atoms with Crippen molar-refractivity contribution in [3.05, 3.63) is 57.5 Å². The quantitative estimate of drug-likeness (QED) is 0.769. The zero-order chi connectivity index (χ0) is 21.9. The van der Waals surface area contributed by atoms with Crippen LogP contribution in [0.25, 0.3) is 0 Å². The van der Waals surface area contributed by atoms with Crippen molar-refractivity contribution in [3.63, 3.8) is 0 Å². The van der Waals surface area contributed by atoms with Crippen LogP contribution in [-0.2, 0) is 29.0 Å². The van der Waals surface area contributed by atoms with E-state index in [0.29, 0.717) is 32.5 Å². The van der Waals surface area contributed by atoms with Gasteiger partial charge in [-0.25, -0.2) is 4.98 Å². The summed E-state index contributed by atoms with van der Waals surface area (Å²) in [5, 5.41) is 0. The van der Waals surface area contributed by atoms with E-state index in [9.17, 15) is 9.59 Å². The molecule has 1 amide bonds. The highest BCUT2D eigenvalue weighted by molar-refractivity contribution is 5.77. The number of aromatic amines is 1. The molecule has 5 heterocycles. The van der Waals surface area contributed by atoms with Gasteiger partial charge in [0.15, 0.2) is 0 Å². The average molecular weight is 438 g/mol. The first-order chi connectivity index (χ1) is 15.7. The van der Waals surface area contributed by atoms with Crippen molar-refractivity contribution in [2.24, 2.45) is 0 Å². The lowest BCUT2D eigenvalue weighted by Crippen LogP contribution is -2.36. The summed E-state index contributed by atoms with van der Waals surface area (Å²) in [5.74, 6) is 0.960. The minimum atomic E-state index is -0.0218. The van der Waals surface area contributed by atoms with Crippen LogP contribution in [0.2, 0.25) is 0 Å². The van der Waals surface area contributed by atoms with Crippen molar-refractivity contribution in [3.8, 4) is 0 Å². The van der Waals surface area contributed by atoms with E-state index in [-0.39, 0.29) is 23.5 Å². The molecule has 170 valence electrons. The van der Waals surface area contributed by atoms with E-state index in [1.807, 2.05) is 17.2 Å². The highest BCUT2D eigenvalue weighted by Crippen LogP contribution is 2.27. The van der Waals surface area contributed by atoms with Crippen LogP contribution < -0.4 is 5.56 Å². The second kappa shape index (κ2) is 9.50. The molecule has 0 aromatic carbocycles. The van der Waals surface area contributed by atoms with Crippen molar-refractivity contribution in [2.45, 2.75) is 63.6 Å². The number of nitrogens with zero attached hydrogens (tertiary/aromatic N) is 4. The van der Waals surface area contributed by atoms with Gasteiger partial charge in [0.05, 0.1) is 18.2 Å². The van der Waals surface area contributed by atoms with Gasteiger partial charge in [-0.2, -0.15) is 0 Å². The number of aromatic nitrogens is 3. The number of hydrogen-bond acceptors (Lipinski definition) is 6. The number of carbonyl (C=O) groups is 1. The summed E-state index contributed by atoms with van der Waals surface area (Å²) < 4.78 is 5.73. The fourth-order valence-corrected chi connectivity index (χ4v) is 5.09. The Bertz CT molecular complexity index is 1000. The highest BCUT2D eigenvalue weighted by Gasteiger charge is 2.32. The number of H-pyrrole nitrogens is 1. The Morgan fingerprint density at radius 3 is 3.00 bits per heavy atom. The van der Waals surface area contributed by atoms with Crippen molar-refractivity contribution >= 4 is 5.91 Å². The Hall–Kier alpha value is -2.58. The van der Waals surface area contributed by atoms with E-state index in [0.717, 1.165) is 68.0 Å². The van der Waals surface area contributed by atoms with Gasteiger partial charge in [-0.1, -0.05) is 6.07 Å². The van der Waals surface area contributed by atoms with Gasteiger partial charge in [0.2, 0.25) is 5.91 Å². The summed E-state index contributed by atoms with van der Waals surface area (Å²) in [7, 11) is 0. The van der Waals surface area contributed by atoms with E-state index in [1.54, 1.807) is 6.20 Å². The van der Waals surface area contributed by atoms with Crippen LogP contribution >= 0.6 is 0 Å². The van der Waals surface area contributed by atoms with Crippen LogP contribution in [0.4, 0.5) is 0 Å². The summed E-state index contributed by atoms with van der Waals surface area (Å²) in [4.78, 5) is 41.8. The first-order valence-electron chi connectivity index (χ1n) is 11.8. The molecule has 32 heavy (non-hydrogen) atoms. The molecule has 2 aromatic rings. The topological polar surface area (TPSA) is 91.4 Å². The summed E-state index contributed by atoms with van der Waals surface area (Å²) in [6.07, 6.45) is 8.92. The maximum Gasteiger partial charge on any atom is 0.254 e. The van der Waals surface area contributed by atoms with E-state index >= 15 is 0 Å².